The van der Waals surface area contributed by atoms with Gasteiger partial charge in [-0.25, -0.2) is 9.59 Å². The second-order valence-corrected chi connectivity index (χ2v) is 4.39. The number of aliphatic carboxylic acids is 1. The number of hydrogen-bond donors (Lipinski definition) is 3. The van der Waals surface area contributed by atoms with Gasteiger partial charge in [-0.3, -0.25) is 0 Å². The average molecular weight is 270 g/mol. The lowest BCUT2D eigenvalue weighted by Crippen LogP contribution is -2.57. The highest BCUT2D eigenvalue weighted by Gasteiger charge is 2.31. The molecule has 0 aromatic heterocycles. The topological polar surface area (TPSA) is 99.1 Å². The zero-order valence-electron chi connectivity index (χ0n) is 10.7. The predicted molar refractivity (Wildman–Crippen MR) is 66.4 cm³/mol. The SMILES string of the molecule is C#CCC(NC(=O)N1CC(CO)OCC1C)C(=O)O. The molecule has 1 rings (SSSR count). The highest BCUT2D eigenvalue weighted by molar-refractivity contribution is 5.83. The standard InChI is InChI=1S/C12H18N2O5/c1-3-4-10(11(16)17)13-12(18)14-5-9(6-15)19-7-8(14)2/h1,8-10,15H,4-7H2,2H3,(H,13,18)(H,16,17). The van der Waals surface area contributed by atoms with Crippen molar-refractivity contribution >= 4 is 12.0 Å². The molecule has 2 amide bonds. The van der Waals surface area contributed by atoms with E-state index in [1.807, 2.05) is 0 Å². The van der Waals surface area contributed by atoms with Crippen molar-refractivity contribution in [2.24, 2.45) is 0 Å². The smallest absolute Gasteiger partial charge is 0.327 e. The number of nitrogens with one attached hydrogen (secondary N) is 1. The lowest BCUT2D eigenvalue weighted by molar-refractivity contribution is -0.139. The van der Waals surface area contributed by atoms with E-state index >= 15 is 0 Å². The van der Waals surface area contributed by atoms with Gasteiger partial charge < -0.3 is 25.2 Å². The first-order chi connectivity index (χ1) is 8.99. The van der Waals surface area contributed by atoms with Crippen LogP contribution in [-0.4, -0.2) is 65.1 Å². The summed E-state index contributed by atoms with van der Waals surface area (Å²) in [6.07, 6.45) is 4.53. The molecule has 1 aliphatic heterocycles. The van der Waals surface area contributed by atoms with Crippen LogP contribution < -0.4 is 5.32 Å². The van der Waals surface area contributed by atoms with E-state index in [4.69, 9.17) is 21.4 Å². The van der Waals surface area contributed by atoms with Crippen LogP contribution in [0.15, 0.2) is 0 Å². The molecule has 19 heavy (non-hydrogen) atoms. The molecule has 106 valence electrons. The van der Waals surface area contributed by atoms with Crippen LogP contribution in [0.3, 0.4) is 0 Å². The molecule has 1 saturated heterocycles. The minimum absolute atomic E-state index is 0.0801. The molecule has 3 N–H and O–H groups in total. The Hall–Kier alpha value is -1.78. The molecule has 0 aromatic carbocycles. The predicted octanol–water partition coefficient (Wildman–Crippen LogP) is -0.746. The number of carboxylic acid groups (broad SMARTS) is 1. The number of carboxylic acids is 1. The number of terminal acetylenes is 1. The number of carbonyl (C=O) groups excluding carboxylic acids is 1. The van der Waals surface area contributed by atoms with Crippen molar-refractivity contribution in [2.45, 2.75) is 31.5 Å². The second-order valence-electron chi connectivity index (χ2n) is 4.39. The molecule has 7 nitrogen and oxygen atoms in total. The number of aliphatic hydroxyl groups excluding tert-OH is 1. The fourth-order valence-electron chi connectivity index (χ4n) is 1.76. The Bertz CT molecular complexity index is 379. The van der Waals surface area contributed by atoms with E-state index in [9.17, 15) is 9.59 Å². The number of amides is 2. The number of carbonyl (C=O) groups is 2. The number of urea groups is 1. The van der Waals surface area contributed by atoms with Gasteiger partial charge in [0.15, 0.2) is 0 Å². The van der Waals surface area contributed by atoms with Crippen LogP contribution in [0.2, 0.25) is 0 Å². The van der Waals surface area contributed by atoms with E-state index < -0.39 is 24.1 Å². The van der Waals surface area contributed by atoms with Gasteiger partial charge in [0.2, 0.25) is 0 Å². The first-order valence-corrected chi connectivity index (χ1v) is 5.95. The van der Waals surface area contributed by atoms with Crippen LogP contribution in [-0.2, 0) is 9.53 Å². The van der Waals surface area contributed by atoms with Gasteiger partial charge in [0.1, 0.15) is 6.04 Å². The van der Waals surface area contributed by atoms with Crippen LogP contribution in [0.4, 0.5) is 4.79 Å². The minimum Gasteiger partial charge on any atom is -0.480 e. The van der Waals surface area contributed by atoms with Gasteiger partial charge in [-0.15, -0.1) is 12.3 Å². The number of morpholine rings is 1. The van der Waals surface area contributed by atoms with E-state index in [0.717, 1.165) is 0 Å². The Morgan fingerprint density at radius 1 is 1.63 bits per heavy atom. The third-order valence-corrected chi connectivity index (χ3v) is 2.89. The van der Waals surface area contributed by atoms with Gasteiger partial charge in [0, 0.05) is 6.42 Å². The molecule has 0 spiro atoms. The third kappa shape index (κ3) is 4.12. The van der Waals surface area contributed by atoms with E-state index in [1.165, 1.54) is 4.90 Å². The maximum atomic E-state index is 12.0. The zero-order valence-corrected chi connectivity index (χ0v) is 10.7. The Labute approximate surface area is 111 Å². The van der Waals surface area contributed by atoms with Crippen LogP contribution in [0, 0.1) is 12.3 Å². The number of aliphatic hydroxyl groups is 1. The van der Waals surface area contributed by atoms with E-state index in [2.05, 4.69) is 11.2 Å². The summed E-state index contributed by atoms with van der Waals surface area (Å²) in [5.74, 6) is 1.03. The first kappa shape index (κ1) is 15.3. The van der Waals surface area contributed by atoms with Gasteiger partial charge in [0.05, 0.1) is 31.9 Å². The highest BCUT2D eigenvalue weighted by atomic mass is 16.5. The quantitative estimate of drug-likeness (QED) is 0.584. The summed E-state index contributed by atoms with van der Waals surface area (Å²) in [5, 5.41) is 20.3. The molecule has 1 aliphatic rings. The number of hydrogen-bond acceptors (Lipinski definition) is 4. The molecule has 0 bridgehead atoms. The maximum Gasteiger partial charge on any atom is 0.327 e. The molecule has 3 atom stereocenters. The first-order valence-electron chi connectivity index (χ1n) is 5.95. The molecule has 3 unspecified atom stereocenters. The number of nitrogens with zero attached hydrogens (tertiary/aromatic N) is 1. The number of rotatable bonds is 4. The molecule has 0 radical (unpaired) electrons. The molecular formula is C12H18N2O5. The highest BCUT2D eigenvalue weighted by Crippen LogP contribution is 2.12. The van der Waals surface area contributed by atoms with Gasteiger partial charge in [-0.1, -0.05) is 0 Å². The summed E-state index contributed by atoms with van der Waals surface area (Å²) >= 11 is 0. The monoisotopic (exact) mass is 270 g/mol. The second kappa shape index (κ2) is 6.97. The van der Waals surface area contributed by atoms with E-state index in [1.54, 1.807) is 6.92 Å². The van der Waals surface area contributed by atoms with E-state index in [0.29, 0.717) is 6.61 Å². The Balaban J connectivity index is 2.64. The van der Waals surface area contributed by atoms with Crippen LogP contribution in [0.5, 0.6) is 0 Å². The molecule has 0 saturated carbocycles. The normalized spacial score (nSPS) is 24.4. The molecular weight excluding hydrogens is 252 g/mol. The summed E-state index contributed by atoms with van der Waals surface area (Å²) in [5.41, 5.74) is 0. The fourth-order valence-corrected chi connectivity index (χ4v) is 1.76. The Kier molecular flexibility index (Phi) is 5.60. The molecule has 0 aliphatic carbocycles. The van der Waals surface area contributed by atoms with Crippen molar-refractivity contribution in [2.75, 3.05) is 19.8 Å². The zero-order chi connectivity index (χ0) is 14.4. The molecule has 1 fully saturated rings. The van der Waals surface area contributed by atoms with Crippen LogP contribution in [0.1, 0.15) is 13.3 Å². The van der Waals surface area contributed by atoms with Gasteiger partial charge in [-0.2, -0.15) is 0 Å². The summed E-state index contributed by atoms with van der Waals surface area (Å²) in [6.45, 7) is 2.10. The van der Waals surface area contributed by atoms with Crippen molar-refractivity contribution in [3.63, 3.8) is 0 Å². The molecule has 7 heteroatoms. The van der Waals surface area contributed by atoms with Crippen molar-refractivity contribution in [3.8, 4) is 12.3 Å². The van der Waals surface area contributed by atoms with Gasteiger partial charge in [0.25, 0.3) is 0 Å². The molecule has 1 heterocycles. The maximum absolute atomic E-state index is 12.0. The van der Waals surface area contributed by atoms with E-state index in [-0.39, 0.29) is 25.6 Å². The fraction of sp³-hybridized carbons (Fsp3) is 0.667. The van der Waals surface area contributed by atoms with Crippen molar-refractivity contribution in [1.82, 2.24) is 10.2 Å². The summed E-state index contributed by atoms with van der Waals surface area (Å²) in [7, 11) is 0. The van der Waals surface area contributed by atoms with Crippen LogP contribution in [0.25, 0.3) is 0 Å². The lowest BCUT2D eigenvalue weighted by Gasteiger charge is -2.37. The summed E-state index contributed by atoms with van der Waals surface area (Å²) < 4.78 is 5.30. The molecule has 0 aromatic rings. The minimum atomic E-state index is -1.18. The lowest BCUT2D eigenvalue weighted by atomic mass is 10.2. The summed E-state index contributed by atoms with van der Waals surface area (Å²) in [4.78, 5) is 24.4. The Morgan fingerprint density at radius 3 is 2.84 bits per heavy atom. The number of ether oxygens (including phenoxy) is 1. The van der Waals surface area contributed by atoms with Gasteiger partial charge >= 0.3 is 12.0 Å². The average Bonchev–Trinajstić information content (AvgIpc) is 2.38. The van der Waals surface area contributed by atoms with Crippen molar-refractivity contribution in [1.29, 1.82) is 0 Å². The third-order valence-electron chi connectivity index (χ3n) is 2.89. The summed E-state index contributed by atoms with van der Waals surface area (Å²) in [6, 6.07) is -1.82. The van der Waals surface area contributed by atoms with Crippen molar-refractivity contribution in [3.05, 3.63) is 0 Å². The Morgan fingerprint density at radius 2 is 2.32 bits per heavy atom. The van der Waals surface area contributed by atoms with Gasteiger partial charge in [-0.05, 0) is 6.92 Å². The largest absolute Gasteiger partial charge is 0.480 e. The van der Waals surface area contributed by atoms with Crippen molar-refractivity contribution < 1.29 is 24.5 Å². The van der Waals surface area contributed by atoms with Crippen LogP contribution >= 0.6 is 0 Å².